The minimum Gasteiger partial charge on any atom is -0.459 e. The summed E-state index contributed by atoms with van der Waals surface area (Å²) in [6.07, 6.45) is 2.32. The van der Waals surface area contributed by atoms with E-state index in [4.69, 9.17) is 16.0 Å². The smallest absolute Gasteiger partial charge is 0.319 e. The number of aliphatic hydroxyl groups is 1. The van der Waals surface area contributed by atoms with Gasteiger partial charge in [0.25, 0.3) is 0 Å². The maximum absolute atomic E-state index is 12.3. The Hall–Kier alpha value is -1.76. The van der Waals surface area contributed by atoms with E-state index in [0.29, 0.717) is 29.3 Å². The van der Waals surface area contributed by atoms with E-state index >= 15 is 0 Å². The molecule has 1 aromatic carbocycles. The molecule has 1 saturated heterocycles. The fraction of sp³-hybridized carbons (Fsp3) is 0.500. The monoisotopic (exact) mass is 365 g/mol. The lowest BCUT2D eigenvalue weighted by Crippen LogP contribution is -2.53. The quantitative estimate of drug-likeness (QED) is 0.670. The summed E-state index contributed by atoms with van der Waals surface area (Å²) >= 11 is 6.19. The number of fused-ring (bicyclic) bond motifs is 1. The van der Waals surface area contributed by atoms with Gasteiger partial charge in [0, 0.05) is 29.9 Å². The molecule has 1 fully saturated rings. The van der Waals surface area contributed by atoms with E-state index in [9.17, 15) is 9.90 Å². The number of aryl methyl sites for hydroxylation is 2. The molecule has 4 N–H and O–H groups in total. The number of furan rings is 1. The molecule has 0 saturated carbocycles. The van der Waals surface area contributed by atoms with Crippen molar-refractivity contribution in [1.82, 2.24) is 10.6 Å². The highest BCUT2D eigenvalue weighted by atomic mass is 35.5. The molecule has 0 radical (unpaired) electrons. The molecule has 136 valence electrons. The first-order valence-corrected chi connectivity index (χ1v) is 8.99. The lowest BCUT2D eigenvalue weighted by molar-refractivity contribution is 0.0198. The summed E-state index contributed by atoms with van der Waals surface area (Å²) in [5.41, 5.74) is 1.27. The van der Waals surface area contributed by atoms with E-state index in [1.807, 2.05) is 19.9 Å². The van der Waals surface area contributed by atoms with Crippen LogP contribution < -0.4 is 16.0 Å². The lowest BCUT2D eigenvalue weighted by Gasteiger charge is -2.32. The average Bonchev–Trinajstić information content (AvgIpc) is 2.90. The largest absolute Gasteiger partial charge is 0.459 e. The number of urea groups is 1. The first kappa shape index (κ1) is 18.0. The van der Waals surface area contributed by atoms with Crippen LogP contribution in [-0.2, 0) is 6.42 Å². The molecule has 1 aliphatic heterocycles. The number of amides is 2. The Balaban J connectivity index is 1.74. The van der Waals surface area contributed by atoms with Gasteiger partial charge in [-0.05, 0) is 44.0 Å². The third kappa shape index (κ3) is 3.92. The maximum Gasteiger partial charge on any atom is 0.319 e. The zero-order chi connectivity index (χ0) is 18.0. The van der Waals surface area contributed by atoms with Crippen LogP contribution in [0.15, 0.2) is 16.5 Å². The molecule has 2 heterocycles. The van der Waals surface area contributed by atoms with Crippen LogP contribution in [0.3, 0.4) is 0 Å². The third-order valence-corrected chi connectivity index (χ3v) is 4.92. The minimum atomic E-state index is -0.907. The average molecular weight is 366 g/mol. The first-order chi connectivity index (χ1) is 11.9. The van der Waals surface area contributed by atoms with Crippen molar-refractivity contribution in [2.45, 2.75) is 38.7 Å². The number of hydrogen-bond acceptors (Lipinski definition) is 4. The van der Waals surface area contributed by atoms with Crippen molar-refractivity contribution >= 4 is 34.3 Å². The van der Waals surface area contributed by atoms with Gasteiger partial charge in [-0.25, -0.2) is 4.79 Å². The molecular formula is C18H24ClN3O3. The van der Waals surface area contributed by atoms with E-state index in [-0.39, 0.29) is 6.54 Å². The van der Waals surface area contributed by atoms with Gasteiger partial charge >= 0.3 is 6.03 Å². The normalized spacial score (nSPS) is 20.6. The zero-order valence-electron chi connectivity index (χ0n) is 14.5. The van der Waals surface area contributed by atoms with Crippen LogP contribution in [0.4, 0.5) is 10.5 Å². The number of nitrogens with one attached hydrogen (secondary N) is 3. The van der Waals surface area contributed by atoms with Crippen molar-refractivity contribution in [2.24, 2.45) is 0 Å². The van der Waals surface area contributed by atoms with Crippen LogP contribution in [0.1, 0.15) is 31.1 Å². The fourth-order valence-corrected chi connectivity index (χ4v) is 3.49. The molecule has 25 heavy (non-hydrogen) atoms. The summed E-state index contributed by atoms with van der Waals surface area (Å²) in [6, 6.07) is 3.12. The van der Waals surface area contributed by atoms with Crippen molar-refractivity contribution in [2.75, 3.05) is 25.0 Å². The van der Waals surface area contributed by atoms with E-state index in [1.165, 1.54) is 0 Å². The molecule has 2 amide bonds. The summed E-state index contributed by atoms with van der Waals surface area (Å²) < 4.78 is 5.89. The van der Waals surface area contributed by atoms with Gasteiger partial charge in [0.1, 0.15) is 5.76 Å². The van der Waals surface area contributed by atoms with Crippen molar-refractivity contribution in [3.63, 3.8) is 0 Å². The molecule has 1 aromatic heterocycles. The minimum absolute atomic E-state index is 0.187. The van der Waals surface area contributed by atoms with E-state index in [0.717, 1.165) is 36.1 Å². The molecule has 0 aliphatic carbocycles. The van der Waals surface area contributed by atoms with Crippen LogP contribution in [0.2, 0.25) is 5.02 Å². The number of halogens is 1. The van der Waals surface area contributed by atoms with Crippen LogP contribution in [0.5, 0.6) is 0 Å². The van der Waals surface area contributed by atoms with E-state index < -0.39 is 11.6 Å². The number of carbonyl (C=O) groups excluding carboxylic acids is 1. The number of rotatable bonds is 4. The second-order valence-corrected chi connectivity index (χ2v) is 7.08. The second kappa shape index (κ2) is 7.23. The van der Waals surface area contributed by atoms with Crippen LogP contribution >= 0.6 is 11.6 Å². The number of anilines is 1. The second-order valence-electron chi connectivity index (χ2n) is 6.65. The summed E-state index contributed by atoms with van der Waals surface area (Å²) in [5, 5.41) is 20.5. The highest BCUT2D eigenvalue weighted by Gasteiger charge is 2.29. The molecule has 1 atom stereocenters. The van der Waals surface area contributed by atoms with Gasteiger partial charge in [-0.15, -0.1) is 0 Å². The molecule has 3 rings (SSSR count). The summed E-state index contributed by atoms with van der Waals surface area (Å²) in [6.45, 7) is 5.56. The van der Waals surface area contributed by atoms with Crippen molar-refractivity contribution < 1.29 is 14.3 Å². The molecular weight excluding hydrogens is 342 g/mol. The Bertz CT molecular complexity index is 781. The molecule has 2 aromatic rings. The number of carbonyl (C=O) groups is 1. The highest BCUT2D eigenvalue weighted by Crippen LogP contribution is 2.34. The van der Waals surface area contributed by atoms with Gasteiger partial charge in [0.15, 0.2) is 5.58 Å². The lowest BCUT2D eigenvalue weighted by atomic mass is 9.94. The molecule has 0 unspecified atom stereocenters. The van der Waals surface area contributed by atoms with E-state index in [1.54, 1.807) is 6.07 Å². The number of hydrogen-bond donors (Lipinski definition) is 4. The maximum atomic E-state index is 12.3. The van der Waals surface area contributed by atoms with Gasteiger partial charge in [0.2, 0.25) is 0 Å². The van der Waals surface area contributed by atoms with Gasteiger partial charge < -0.3 is 25.5 Å². The fourth-order valence-electron chi connectivity index (χ4n) is 3.28. The van der Waals surface area contributed by atoms with Crippen molar-refractivity contribution in [3.8, 4) is 0 Å². The number of β-amino-alcohol motifs (C(OH)–C–C–N with tert-alkyl or cyclic N) is 1. The predicted octanol–water partition coefficient (Wildman–Crippen LogP) is 3.19. The summed E-state index contributed by atoms with van der Waals surface area (Å²) in [5.74, 6) is 0.878. The zero-order valence-corrected chi connectivity index (χ0v) is 15.3. The highest BCUT2D eigenvalue weighted by molar-refractivity contribution is 6.32. The van der Waals surface area contributed by atoms with Gasteiger partial charge in [-0.2, -0.15) is 0 Å². The molecule has 0 spiro atoms. The Morgan fingerprint density at radius 2 is 2.28 bits per heavy atom. The molecule has 0 bridgehead atoms. The van der Waals surface area contributed by atoms with Crippen molar-refractivity contribution in [1.29, 1.82) is 0 Å². The topological polar surface area (TPSA) is 86.5 Å². The molecule has 1 aliphatic rings. The Kier molecular flexibility index (Phi) is 5.22. The predicted molar refractivity (Wildman–Crippen MR) is 99.4 cm³/mol. The Labute approximate surface area is 151 Å². The van der Waals surface area contributed by atoms with Crippen LogP contribution in [0, 0.1) is 6.92 Å². The molecule has 7 heteroatoms. The molecule has 6 nitrogen and oxygen atoms in total. The number of benzene rings is 1. The van der Waals surface area contributed by atoms with Gasteiger partial charge in [-0.1, -0.05) is 18.5 Å². The van der Waals surface area contributed by atoms with Gasteiger partial charge in [0.05, 0.1) is 11.3 Å². The van der Waals surface area contributed by atoms with Crippen LogP contribution in [-0.4, -0.2) is 36.4 Å². The summed E-state index contributed by atoms with van der Waals surface area (Å²) in [4.78, 5) is 12.3. The standard InChI is InChI=1S/C18H24ClN3O3/c1-3-15-11(2)13-7-12(19)8-14(16(13)25-15)22-17(23)21-10-18(24)5-4-6-20-9-18/h7-8,20,24H,3-6,9-10H2,1-2H3,(H2,21,22,23)/t18-/m1/s1. The van der Waals surface area contributed by atoms with Gasteiger partial charge in [-0.3, -0.25) is 0 Å². The number of piperidine rings is 1. The van der Waals surface area contributed by atoms with E-state index in [2.05, 4.69) is 16.0 Å². The first-order valence-electron chi connectivity index (χ1n) is 8.61. The van der Waals surface area contributed by atoms with Crippen molar-refractivity contribution in [3.05, 3.63) is 28.5 Å². The third-order valence-electron chi connectivity index (χ3n) is 4.70. The Morgan fingerprint density at radius 3 is 2.96 bits per heavy atom. The Morgan fingerprint density at radius 1 is 1.48 bits per heavy atom. The summed E-state index contributed by atoms with van der Waals surface area (Å²) in [7, 11) is 0. The van der Waals surface area contributed by atoms with Crippen LogP contribution in [0.25, 0.3) is 11.0 Å². The SMILES string of the molecule is CCc1oc2c(NC(=O)NC[C@@]3(O)CCCNC3)cc(Cl)cc2c1C.